The van der Waals surface area contributed by atoms with Gasteiger partial charge in [-0.3, -0.25) is 0 Å². The van der Waals surface area contributed by atoms with Crippen molar-refractivity contribution in [1.29, 1.82) is 0 Å². The predicted molar refractivity (Wildman–Crippen MR) is 56.8 cm³/mol. The molecule has 0 radical (unpaired) electrons. The van der Waals surface area contributed by atoms with Gasteiger partial charge in [0.25, 0.3) is 0 Å². The highest BCUT2D eigenvalue weighted by Gasteiger charge is 1.68. The fourth-order valence-corrected chi connectivity index (χ4v) is 0. The summed E-state index contributed by atoms with van der Waals surface area (Å²) in [6.07, 6.45) is 0. The van der Waals surface area contributed by atoms with Crippen LogP contribution in [0.4, 0.5) is 0 Å². The first kappa shape index (κ1) is 16.9. The molecular formula is C8H23ClSi. The molecule has 0 spiro atoms. The smallest absolute Gasteiger partial charge is 0.109 e. The zero-order chi connectivity index (χ0) is 9.15. The number of hydrogen-bond donors (Lipinski definition) is 0. The van der Waals surface area contributed by atoms with Crippen LogP contribution in [0, 0.1) is 11.8 Å². The molecule has 0 fully saturated rings. The molecule has 0 heterocycles. The molecule has 0 aliphatic rings. The molecule has 0 unspecified atom stereocenters. The van der Waals surface area contributed by atoms with Gasteiger partial charge in [0.1, 0.15) is 9.55 Å². The summed E-state index contributed by atoms with van der Waals surface area (Å²) in [6.45, 7) is 13.0. The van der Waals surface area contributed by atoms with Gasteiger partial charge in [0.2, 0.25) is 0 Å². The van der Waals surface area contributed by atoms with Gasteiger partial charge in [-0.25, -0.2) is 0 Å². The van der Waals surface area contributed by atoms with Crippen LogP contribution in [0.5, 0.6) is 0 Å². The minimum atomic E-state index is 0.778. The molecule has 0 aromatic heterocycles. The molecule has 0 amide bonds. The van der Waals surface area contributed by atoms with Crippen LogP contribution >= 0.6 is 11.1 Å². The van der Waals surface area contributed by atoms with E-state index in [-0.39, 0.29) is 0 Å². The molecule has 66 valence electrons. The molecule has 0 N–H and O–H groups in total. The Morgan fingerprint density at radius 3 is 0.700 bits per heavy atom. The van der Waals surface area contributed by atoms with E-state index in [0.29, 0.717) is 0 Å². The molecule has 0 aromatic rings. The lowest BCUT2D eigenvalue weighted by Gasteiger charge is -1.79. The van der Waals surface area contributed by atoms with Crippen molar-refractivity contribution >= 4 is 20.6 Å². The van der Waals surface area contributed by atoms with E-state index in [4.69, 9.17) is 11.1 Å². The van der Waals surface area contributed by atoms with Crippen LogP contribution in [0.2, 0.25) is 0 Å². The normalized spacial score (nSPS) is 8.10. The van der Waals surface area contributed by atoms with Gasteiger partial charge in [0.15, 0.2) is 0 Å². The summed E-state index contributed by atoms with van der Waals surface area (Å²) in [4.78, 5) is 0. The lowest BCUT2D eigenvalue weighted by Crippen LogP contribution is -1.66. The van der Waals surface area contributed by atoms with E-state index in [1.807, 2.05) is 0 Å². The lowest BCUT2D eigenvalue weighted by molar-refractivity contribution is 0.736. The van der Waals surface area contributed by atoms with Gasteiger partial charge in [-0.2, -0.15) is 11.1 Å². The summed E-state index contributed by atoms with van der Waals surface area (Å²) in [5.41, 5.74) is 0. The Kier molecular flexibility index (Phi) is 27.4. The SMILES string of the molecule is CC(C)C.CC(C)C.[SiH3]Cl. The first-order valence-corrected chi connectivity index (χ1v) is 6.87. The van der Waals surface area contributed by atoms with Gasteiger partial charge in [-0.05, 0) is 11.8 Å². The summed E-state index contributed by atoms with van der Waals surface area (Å²) in [7, 11) is 0.778. The molecular weight excluding hydrogens is 160 g/mol. The molecule has 0 nitrogen and oxygen atoms in total. The molecule has 0 bridgehead atoms. The van der Waals surface area contributed by atoms with Crippen LogP contribution in [-0.4, -0.2) is 9.55 Å². The summed E-state index contributed by atoms with van der Waals surface area (Å²) in [5.74, 6) is 1.67. The highest BCUT2D eigenvalue weighted by atomic mass is 35.6. The van der Waals surface area contributed by atoms with Gasteiger partial charge in [0.05, 0.1) is 0 Å². The number of halogens is 1. The van der Waals surface area contributed by atoms with E-state index in [1.54, 1.807) is 0 Å². The van der Waals surface area contributed by atoms with Crippen molar-refractivity contribution in [3.8, 4) is 0 Å². The van der Waals surface area contributed by atoms with Gasteiger partial charge < -0.3 is 0 Å². The van der Waals surface area contributed by atoms with Crippen molar-refractivity contribution < 1.29 is 0 Å². The molecule has 0 aliphatic carbocycles. The third-order valence-electron chi connectivity index (χ3n) is 0. The summed E-state index contributed by atoms with van der Waals surface area (Å²) in [6, 6.07) is 0. The van der Waals surface area contributed by atoms with Gasteiger partial charge in [-0.1, -0.05) is 41.5 Å². The Balaban J connectivity index is -0.0000000787. The Labute approximate surface area is 74.5 Å². The molecule has 0 saturated carbocycles. The third-order valence-corrected chi connectivity index (χ3v) is 0. The van der Waals surface area contributed by atoms with E-state index in [2.05, 4.69) is 41.5 Å². The molecule has 0 saturated heterocycles. The topological polar surface area (TPSA) is 0 Å². The predicted octanol–water partition coefficient (Wildman–Crippen LogP) is 2.83. The zero-order valence-corrected chi connectivity index (χ0v) is 11.3. The van der Waals surface area contributed by atoms with Gasteiger partial charge >= 0.3 is 0 Å². The maximum atomic E-state index is 4.78. The molecule has 0 aliphatic heterocycles. The van der Waals surface area contributed by atoms with E-state index >= 15 is 0 Å². The van der Waals surface area contributed by atoms with Crippen LogP contribution in [0.1, 0.15) is 41.5 Å². The minimum absolute atomic E-state index is 0.778. The zero-order valence-electron chi connectivity index (χ0n) is 8.53. The maximum absolute atomic E-state index is 4.78. The second-order valence-electron chi connectivity index (χ2n) is 3.46. The van der Waals surface area contributed by atoms with Crippen LogP contribution in [0.3, 0.4) is 0 Å². The quantitative estimate of drug-likeness (QED) is 0.400. The second-order valence-corrected chi connectivity index (χ2v) is 3.46. The molecule has 10 heavy (non-hydrogen) atoms. The highest BCUT2D eigenvalue weighted by Crippen LogP contribution is 1.81. The van der Waals surface area contributed by atoms with Crippen LogP contribution in [0.15, 0.2) is 0 Å². The molecule has 0 atom stereocenters. The third kappa shape index (κ3) is 1870. The van der Waals surface area contributed by atoms with Gasteiger partial charge in [-0.15, -0.1) is 0 Å². The Morgan fingerprint density at radius 2 is 0.700 bits per heavy atom. The maximum Gasteiger partial charge on any atom is 0.109 e. The first-order chi connectivity index (χ1) is 4.46. The Bertz CT molecular complexity index is 24.7. The lowest BCUT2D eigenvalue weighted by atomic mass is 10.3. The average Bonchev–Trinajstić information content (AvgIpc) is 1.66. The van der Waals surface area contributed by atoms with Crippen LogP contribution < -0.4 is 0 Å². The average molecular weight is 183 g/mol. The fourth-order valence-electron chi connectivity index (χ4n) is 0. The Hall–Kier alpha value is 0.507. The molecule has 0 rings (SSSR count). The van der Waals surface area contributed by atoms with Crippen molar-refractivity contribution in [2.24, 2.45) is 11.8 Å². The van der Waals surface area contributed by atoms with Crippen molar-refractivity contribution in [3.63, 3.8) is 0 Å². The molecule has 2 heteroatoms. The standard InChI is InChI=1S/2C4H10.ClH3Si/c2*1-4(2)3;1-2/h2*4H,1-3H3;2H3. The van der Waals surface area contributed by atoms with E-state index in [1.165, 1.54) is 0 Å². The largest absolute Gasteiger partial charge is 0.181 e. The minimum Gasteiger partial charge on any atom is -0.181 e. The number of hydrogen-bond acceptors (Lipinski definition) is 0. The van der Waals surface area contributed by atoms with Crippen molar-refractivity contribution in [3.05, 3.63) is 0 Å². The second kappa shape index (κ2) is 16.2. The van der Waals surface area contributed by atoms with E-state index in [0.717, 1.165) is 21.4 Å². The summed E-state index contributed by atoms with van der Waals surface area (Å²) < 4.78 is 0. The molecule has 0 aromatic carbocycles. The van der Waals surface area contributed by atoms with Crippen LogP contribution in [-0.2, 0) is 0 Å². The summed E-state index contributed by atoms with van der Waals surface area (Å²) in [5, 5.41) is 0. The highest BCUT2D eigenvalue weighted by molar-refractivity contribution is 6.80. The summed E-state index contributed by atoms with van der Waals surface area (Å²) >= 11 is 4.78. The van der Waals surface area contributed by atoms with E-state index < -0.39 is 0 Å². The van der Waals surface area contributed by atoms with Gasteiger partial charge in [0, 0.05) is 0 Å². The van der Waals surface area contributed by atoms with Crippen molar-refractivity contribution in [2.45, 2.75) is 41.5 Å². The Morgan fingerprint density at radius 1 is 0.700 bits per heavy atom. The van der Waals surface area contributed by atoms with Crippen molar-refractivity contribution in [1.82, 2.24) is 0 Å². The van der Waals surface area contributed by atoms with E-state index in [9.17, 15) is 0 Å². The first-order valence-electron chi connectivity index (χ1n) is 3.84. The van der Waals surface area contributed by atoms with Crippen LogP contribution in [0.25, 0.3) is 0 Å². The van der Waals surface area contributed by atoms with Crippen molar-refractivity contribution in [2.75, 3.05) is 0 Å². The monoisotopic (exact) mass is 182 g/mol. The fraction of sp³-hybridized carbons (Fsp3) is 1.00. The number of rotatable bonds is 0.